The normalized spacial score (nSPS) is 36.7. The summed E-state index contributed by atoms with van der Waals surface area (Å²) in [5.41, 5.74) is 0.691. The standard InChI is InChI=1S/C12H14BrClO4/c1-5-9(15)10(16)11(17)12(18-5)6-2-3-8(14)7(13)4-6/h2-5,9-12,15-17H,1H3/t5-,9-,10+,11-,12+/m1/s1. The Kier molecular flexibility index (Phi) is 4.31. The van der Waals surface area contributed by atoms with Crippen LogP contribution >= 0.6 is 27.5 Å². The van der Waals surface area contributed by atoms with Crippen molar-refractivity contribution >= 4 is 27.5 Å². The molecule has 0 saturated carbocycles. The molecular formula is C12H14BrClO4. The van der Waals surface area contributed by atoms with Gasteiger partial charge in [-0.25, -0.2) is 0 Å². The van der Waals surface area contributed by atoms with Crippen LogP contribution < -0.4 is 0 Å². The molecule has 18 heavy (non-hydrogen) atoms. The van der Waals surface area contributed by atoms with Gasteiger partial charge in [0, 0.05) is 4.47 Å². The molecule has 0 radical (unpaired) electrons. The van der Waals surface area contributed by atoms with Gasteiger partial charge in [-0.3, -0.25) is 0 Å². The first-order valence-corrected chi connectivity index (χ1v) is 6.73. The van der Waals surface area contributed by atoms with E-state index in [0.717, 1.165) is 0 Å². The van der Waals surface area contributed by atoms with Crippen molar-refractivity contribution < 1.29 is 20.1 Å². The molecule has 0 aromatic heterocycles. The maximum Gasteiger partial charge on any atom is 0.113 e. The zero-order valence-corrected chi connectivity index (χ0v) is 12.0. The van der Waals surface area contributed by atoms with Crippen molar-refractivity contribution in [2.24, 2.45) is 0 Å². The zero-order valence-electron chi connectivity index (χ0n) is 9.62. The molecule has 6 heteroatoms. The van der Waals surface area contributed by atoms with Crippen LogP contribution in [0.1, 0.15) is 18.6 Å². The van der Waals surface area contributed by atoms with Crippen molar-refractivity contribution in [1.82, 2.24) is 0 Å². The number of hydrogen-bond acceptors (Lipinski definition) is 4. The number of benzene rings is 1. The molecule has 1 aliphatic rings. The van der Waals surface area contributed by atoms with Crippen LogP contribution in [-0.2, 0) is 4.74 Å². The van der Waals surface area contributed by atoms with Gasteiger partial charge in [0.1, 0.15) is 24.4 Å². The summed E-state index contributed by atoms with van der Waals surface area (Å²) in [6, 6.07) is 5.13. The summed E-state index contributed by atoms with van der Waals surface area (Å²) < 4.78 is 6.22. The maximum absolute atomic E-state index is 9.96. The molecule has 5 atom stereocenters. The lowest BCUT2D eigenvalue weighted by atomic mass is 9.92. The van der Waals surface area contributed by atoms with E-state index in [2.05, 4.69) is 15.9 Å². The van der Waals surface area contributed by atoms with Gasteiger partial charge >= 0.3 is 0 Å². The summed E-state index contributed by atoms with van der Waals surface area (Å²) >= 11 is 9.19. The van der Waals surface area contributed by atoms with E-state index in [0.29, 0.717) is 15.1 Å². The fourth-order valence-electron chi connectivity index (χ4n) is 2.02. The van der Waals surface area contributed by atoms with Crippen molar-refractivity contribution in [3.05, 3.63) is 33.3 Å². The van der Waals surface area contributed by atoms with Crippen molar-refractivity contribution in [1.29, 1.82) is 0 Å². The number of rotatable bonds is 1. The van der Waals surface area contributed by atoms with Gasteiger partial charge in [-0.1, -0.05) is 17.7 Å². The minimum absolute atomic E-state index is 0.553. The molecule has 0 bridgehead atoms. The average molecular weight is 338 g/mol. The largest absolute Gasteiger partial charge is 0.388 e. The lowest BCUT2D eigenvalue weighted by Crippen LogP contribution is -2.53. The van der Waals surface area contributed by atoms with Crippen molar-refractivity contribution in [2.45, 2.75) is 37.4 Å². The lowest BCUT2D eigenvalue weighted by molar-refractivity contribution is -0.219. The van der Waals surface area contributed by atoms with E-state index in [4.69, 9.17) is 16.3 Å². The van der Waals surface area contributed by atoms with Gasteiger partial charge < -0.3 is 20.1 Å². The molecule has 1 fully saturated rings. The molecule has 1 saturated heterocycles. The third-order valence-electron chi connectivity index (χ3n) is 3.12. The summed E-state index contributed by atoms with van der Waals surface area (Å²) in [5.74, 6) is 0. The van der Waals surface area contributed by atoms with Crippen molar-refractivity contribution in [3.8, 4) is 0 Å². The summed E-state index contributed by atoms with van der Waals surface area (Å²) in [5, 5.41) is 29.9. The molecule has 2 rings (SSSR count). The monoisotopic (exact) mass is 336 g/mol. The van der Waals surface area contributed by atoms with Crippen molar-refractivity contribution in [2.75, 3.05) is 0 Å². The first-order valence-electron chi connectivity index (χ1n) is 5.56. The Hall–Kier alpha value is -0.170. The Morgan fingerprint density at radius 3 is 2.44 bits per heavy atom. The second-order valence-corrected chi connectivity index (χ2v) is 5.67. The Labute approximate surface area is 118 Å². The summed E-state index contributed by atoms with van der Waals surface area (Å²) in [6.45, 7) is 1.65. The van der Waals surface area contributed by atoms with Crippen LogP contribution in [0.15, 0.2) is 22.7 Å². The maximum atomic E-state index is 9.96. The predicted octanol–water partition coefficient (Wildman–Crippen LogP) is 1.64. The predicted molar refractivity (Wildman–Crippen MR) is 70.5 cm³/mol. The second kappa shape index (κ2) is 5.45. The molecule has 0 aliphatic carbocycles. The molecule has 0 amide bonds. The van der Waals surface area contributed by atoms with Gasteiger partial charge in [0.25, 0.3) is 0 Å². The van der Waals surface area contributed by atoms with E-state index >= 15 is 0 Å². The van der Waals surface area contributed by atoms with E-state index in [1.807, 2.05) is 0 Å². The van der Waals surface area contributed by atoms with Crippen LogP contribution in [0, 0.1) is 0 Å². The summed E-state index contributed by atoms with van der Waals surface area (Å²) in [4.78, 5) is 0. The number of halogens is 2. The Balaban J connectivity index is 2.29. The van der Waals surface area contributed by atoms with Gasteiger partial charge in [-0.15, -0.1) is 0 Å². The number of ether oxygens (including phenoxy) is 1. The van der Waals surface area contributed by atoms with E-state index in [1.54, 1.807) is 25.1 Å². The van der Waals surface area contributed by atoms with Gasteiger partial charge in [0.15, 0.2) is 0 Å². The van der Waals surface area contributed by atoms with Crippen LogP contribution in [-0.4, -0.2) is 39.7 Å². The minimum atomic E-state index is -1.23. The average Bonchev–Trinajstić information content (AvgIpc) is 2.35. The van der Waals surface area contributed by atoms with Gasteiger partial charge in [0.05, 0.1) is 11.1 Å². The third-order valence-corrected chi connectivity index (χ3v) is 4.34. The first-order chi connectivity index (χ1) is 8.41. The minimum Gasteiger partial charge on any atom is -0.388 e. The highest BCUT2D eigenvalue weighted by Gasteiger charge is 2.42. The summed E-state index contributed by atoms with van der Waals surface area (Å²) in [6.07, 6.45) is -4.74. The van der Waals surface area contributed by atoms with Crippen LogP contribution in [0.5, 0.6) is 0 Å². The molecule has 0 unspecified atom stereocenters. The topological polar surface area (TPSA) is 69.9 Å². The number of aliphatic hydroxyl groups is 3. The van der Waals surface area contributed by atoms with Crippen LogP contribution in [0.3, 0.4) is 0 Å². The van der Waals surface area contributed by atoms with E-state index < -0.39 is 30.5 Å². The molecule has 1 aromatic rings. The molecule has 3 N–H and O–H groups in total. The molecular weight excluding hydrogens is 323 g/mol. The van der Waals surface area contributed by atoms with Gasteiger partial charge in [-0.05, 0) is 40.5 Å². The first kappa shape index (κ1) is 14.2. The highest BCUT2D eigenvalue weighted by molar-refractivity contribution is 9.10. The lowest BCUT2D eigenvalue weighted by Gasteiger charge is -2.39. The van der Waals surface area contributed by atoms with Crippen LogP contribution in [0.25, 0.3) is 0 Å². The smallest absolute Gasteiger partial charge is 0.113 e. The molecule has 1 heterocycles. The van der Waals surface area contributed by atoms with E-state index in [1.165, 1.54) is 0 Å². The fourth-order valence-corrected chi connectivity index (χ4v) is 2.53. The zero-order chi connectivity index (χ0) is 13.4. The van der Waals surface area contributed by atoms with Gasteiger partial charge in [0.2, 0.25) is 0 Å². The molecule has 1 aliphatic heterocycles. The second-order valence-electron chi connectivity index (χ2n) is 4.41. The molecule has 4 nitrogen and oxygen atoms in total. The van der Waals surface area contributed by atoms with Gasteiger partial charge in [-0.2, -0.15) is 0 Å². The fraction of sp³-hybridized carbons (Fsp3) is 0.500. The van der Waals surface area contributed by atoms with E-state index in [9.17, 15) is 15.3 Å². The molecule has 1 aromatic carbocycles. The van der Waals surface area contributed by atoms with Crippen LogP contribution in [0.2, 0.25) is 5.02 Å². The van der Waals surface area contributed by atoms with Crippen LogP contribution in [0.4, 0.5) is 0 Å². The number of aliphatic hydroxyl groups excluding tert-OH is 3. The third kappa shape index (κ3) is 2.57. The Morgan fingerprint density at radius 2 is 1.83 bits per heavy atom. The quantitative estimate of drug-likeness (QED) is 0.729. The highest BCUT2D eigenvalue weighted by Crippen LogP contribution is 2.34. The van der Waals surface area contributed by atoms with E-state index in [-0.39, 0.29) is 0 Å². The Bertz CT molecular complexity index is 442. The molecule has 0 spiro atoms. The molecule has 100 valence electrons. The van der Waals surface area contributed by atoms with Crippen molar-refractivity contribution in [3.63, 3.8) is 0 Å². The SMILES string of the molecule is C[C@H]1O[C@@H](c2ccc(Cl)c(Br)c2)[C@H](O)[C@@H](O)[C@@H]1O. The highest BCUT2D eigenvalue weighted by atomic mass is 79.9. The Morgan fingerprint density at radius 1 is 1.17 bits per heavy atom. The number of hydrogen-bond donors (Lipinski definition) is 3. The summed E-state index contributed by atoms with van der Waals surface area (Å²) in [7, 11) is 0.